The van der Waals surface area contributed by atoms with Crippen LogP contribution in [-0.2, 0) is 0 Å². The van der Waals surface area contributed by atoms with Gasteiger partial charge in [0.2, 0.25) is 0 Å². The molecule has 0 fully saturated rings. The van der Waals surface area contributed by atoms with Gasteiger partial charge in [-0.2, -0.15) is 0 Å². The second kappa shape index (κ2) is 4.70. The first-order chi connectivity index (χ1) is 5.47. The van der Waals surface area contributed by atoms with Gasteiger partial charge in [0.05, 0.1) is 0 Å². The van der Waals surface area contributed by atoms with Crippen molar-refractivity contribution >= 4 is 49.5 Å². The van der Waals surface area contributed by atoms with Crippen LogP contribution in [0.2, 0.25) is 0 Å². The van der Waals surface area contributed by atoms with Crippen molar-refractivity contribution in [2.45, 2.75) is 0 Å². The van der Waals surface area contributed by atoms with E-state index in [0.717, 1.165) is 5.69 Å². The van der Waals surface area contributed by atoms with Crippen molar-refractivity contribution in [2.24, 2.45) is 0 Å². The molecule has 1 nitrogen and oxygen atoms in total. The number of fused-ring (bicyclic) bond motifs is 1. The maximum absolute atomic E-state index is 3.18. The van der Waals surface area contributed by atoms with E-state index >= 15 is 0 Å². The van der Waals surface area contributed by atoms with E-state index in [4.69, 9.17) is 0 Å². The van der Waals surface area contributed by atoms with Crippen molar-refractivity contribution in [1.82, 2.24) is 0 Å². The van der Waals surface area contributed by atoms with Crippen LogP contribution >= 0.6 is 0 Å². The molecule has 2 rings (SSSR count). The van der Waals surface area contributed by atoms with E-state index in [0.29, 0.717) is 0 Å². The van der Waals surface area contributed by atoms with Gasteiger partial charge in [-0.15, -0.1) is 0 Å². The Balaban J connectivity index is 0.000000720. The summed E-state index contributed by atoms with van der Waals surface area (Å²) >= 11 is 0. The monoisotopic (exact) mass is 183 g/mol. The minimum absolute atomic E-state index is 0. The largest absolute Gasteiger partial charge is 0.361 e. The van der Waals surface area contributed by atoms with Crippen molar-refractivity contribution in [3.63, 3.8) is 0 Å². The van der Waals surface area contributed by atoms with Crippen LogP contribution in [0.15, 0.2) is 42.6 Å². The van der Waals surface area contributed by atoms with Crippen LogP contribution < -0.4 is 5.32 Å². The molecule has 0 bridgehead atoms. The summed E-state index contributed by atoms with van der Waals surface area (Å²) in [5.74, 6) is 0. The van der Waals surface area contributed by atoms with Gasteiger partial charge in [-0.05, 0) is 17.7 Å². The third-order valence-electron chi connectivity index (χ3n) is 1.68. The number of allylic oxidation sites excluding steroid dienone is 2. The van der Waals surface area contributed by atoms with E-state index in [2.05, 4.69) is 23.5 Å². The zero-order valence-corrected chi connectivity index (χ0v) is 9.03. The summed E-state index contributed by atoms with van der Waals surface area (Å²) in [6.07, 6.45) is 8.03. The summed E-state index contributed by atoms with van der Waals surface area (Å²) in [6, 6.07) is 8.22. The van der Waals surface area contributed by atoms with Crippen LogP contribution in [0.1, 0.15) is 5.56 Å². The van der Waals surface area contributed by atoms with E-state index in [1.54, 1.807) is 0 Å². The van der Waals surface area contributed by atoms with Gasteiger partial charge in [-0.25, -0.2) is 0 Å². The summed E-state index contributed by atoms with van der Waals surface area (Å²) in [6.45, 7) is 0. The van der Waals surface area contributed by atoms with Gasteiger partial charge in [-0.1, -0.05) is 30.4 Å². The van der Waals surface area contributed by atoms with Gasteiger partial charge in [0.15, 0.2) is 0 Å². The van der Waals surface area contributed by atoms with Crippen molar-refractivity contribution in [3.8, 4) is 0 Å². The molecule has 1 N–H and O–H groups in total. The van der Waals surface area contributed by atoms with Gasteiger partial charge < -0.3 is 5.32 Å². The Morgan fingerprint density at radius 1 is 1.00 bits per heavy atom. The smallest absolute Gasteiger partial charge is 0.0453 e. The normalized spacial score (nSPS) is 12.3. The molecule has 0 atom stereocenters. The molecule has 1 aromatic carbocycles. The van der Waals surface area contributed by atoms with E-state index in [1.807, 2.05) is 30.5 Å². The van der Waals surface area contributed by atoms with Crippen LogP contribution in [0.4, 0.5) is 5.69 Å². The second-order valence-corrected chi connectivity index (χ2v) is 2.45. The van der Waals surface area contributed by atoms with Crippen molar-refractivity contribution in [3.05, 3.63) is 48.2 Å². The minimum Gasteiger partial charge on any atom is -0.361 e. The van der Waals surface area contributed by atoms with Crippen molar-refractivity contribution in [2.75, 3.05) is 5.32 Å². The first kappa shape index (κ1) is 9.84. The fraction of sp³-hybridized carbons (Fsp3) is 0. The first-order valence-electron chi connectivity index (χ1n) is 3.65. The van der Waals surface area contributed by atoms with Crippen LogP contribution in [0, 0.1) is 0 Å². The predicted octanol–water partition coefficient (Wildman–Crippen LogP) is 2.26. The van der Waals surface area contributed by atoms with E-state index in [-0.39, 0.29) is 37.7 Å². The zero-order chi connectivity index (χ0) is 7.52. The molecule has 0 aromatic heterocycles. The zero-order valence-electron chi connectivity index (χ0n) is 6.83. The second-order valence-electron chi connectivity index (χ2n) is 2.45. The molecule has 0 amide bonds. The SMILES string of the molecule is C1=CNc2ccccc2C=C1.[Ca]. The van der Waals surface area contributed by atoms with Gasteiger partial charge in [0.1, 0.15) is 0 Å². The van der Waals surface area contributed by atoms with Crippen LogP contribution in [0.25, 0.3) is 6.08 Å². The fourth-order valence-electron chi connectivity index (χ4n) is 1.13. The third-order valence-corrected chi connectivity index (χ3v) is 1.68. The molecule has 0 aliphatic carbocycles. The maximum Gasteiger partial charge on any atom is 0.0453 e. The average Bonchev–Trinajstić information content (AvgIpc) is 2.28. The van der Waals surface area contributed by atoms with Crippen molar-refractivity contribution < 1.29 is 0 Å². The van der Waals surface area contributed by atoms with E-state index in [9.17, 15) is 0 Å². The Morgan fingerprint density at radius 2 is 1.83 bits per heavy atom. The van der Waals surface area contributed by atoms with Gasteiger partial charge >= 0.3 is 0 Å². The molecule has 2 radical (unpaired) electrons. The Kier molecular flexibility index (Phi) is 3.86. The minimum atomic E-state index is 0. The van der Waals surface area contributed by atoms with Crippen LogP contribution in [-0.4, -0.2) is 37.7 Å². The number of benzene rings is 1. The number of rotatable bonds is 0. The topological polar surface area (TPSA) is 12.0 Å². The van der Waals surface area contributed by atoms with E-state index in [1.165, 1.54) is 5.56 Å². The maximum atomic E-state index is 3.18. The fourth-order valence-corrected chi connectivity index (χ4v) is 1.13. The molecular formula is C10H9CaN. The Bertz CT molecular complexity index is 315. The summed E-state index contributed by atoms with van der Waals surface area (Å²) in [5.41, 5.74) is 2.40. The number of para-hydroxylation sites is 1. The van der Waals surface area contributed by atoms with Gasteiger partial charge in [-0.3, -0.25) is 0 Å². The standard InChI is InChI=1S/C10H9N.Ca/c1-2-7-10-9(5-1)6-3-4-8-11-10;/h1-8,11H;. The molecular weight excluding hydrogens is 174 g/mol. The Morgan fingerprint density at radius 3 is 2.75 bits per heavy atom. The average molecular weight is 183 g/mol. The molecule has 1 aliphatic rings. The molecule has 0 saturated carbocycles. The molecule has 0 saturated heterocycles. The Hall–Kier alpha value is -0.240. The van der Waals surface area contributed by atoms with Crippen LogP contribution in [0.5, 0.6) is 0 Å². The molecule has 1 aliphatic heterocycles. The van der Waals surface area contributed by atoms with Gasteiger partial charge in [0.25, 0.3) is 0 Å². The van der Waals surface area contributed by atoms with Crippen molar-refractivity contribution in [1.29, 1.82) is 0 Å². The number of anilines is 1. The summed E-state index contributed by atoms with van der Waals surface area (Å²) < 4.78 is 0. The third kappa shape index (κ3) is 2.13. The number of hydrogen-bond acceptors (Lipinski definition) is 1. The van der Waals surface area contributed by atoms with Gasteiger partial charge in [0, 0.05) is 49.6 Å². The summed E-state index contributed by atoms with van der Waals surface area (Å²) in [4.78, 5) is 0. The predicted molar refractivity (Wildman–Crippen MR) is 54.0 cm³/mol. The molecule has 2 heteroatoms. The molecule has 12 heavy (non-hydrogen) atoms. The summed E-state index contributed by atoms with van der Waals surface area (Å²) in [5, 5.41) is 3.18. The first-order valence-corrected chi connectivity index (χ1v) is 3.65. The number of nitrogens with one attached hydrogen (secondary N) is 1. The molecule has 1 aromatic rings. The molecule has 56 valence electrons. The Labute approximate surface area is 102 Å². The summed E-state index contributed by atoms with van der Waals surface area (Å²) in [7, 11) is 0. The van der Waals surface area contributed by atoms with E-state index < -0.39 is 0 Å². The molecule has 0 spiro atoms. The quantitative estimate of drug-likeness (QED) is 0.608. The van der Waals surface area contributed by atoms with Crippen LogP contribution in [0.3, 0.4) is 0 Å². The molecule has 1 heterocycles. The number of hydrogen-bond donors (Lipinski definition) is 1. The molecule has 0 unspecified atom stereocenters.